The molecule has 2 aromatic rings. The van der Waals surface area contributed by atoms with Gasteiger partial charge in [0, 0.05) is 23.7 Å². The number of nitrogens with one attached hydrogen (secondary N) is 1. The van der Waals surface area contributed by atoms with Crippen molar-refractivity contribution in [3.05, 3.63) is 40.7 Å². The average molecular weight is 506 g/mol. The predicted molar refractivity (Wildman–Crippen MR) is 126 cm³/mol. The summed E-state index contributed by atoms with van der Waals surface area (Å²) in [6, 6.07) is 4.38. The zero-order chi connectivity index (χ0) is 26.2. The van der Waals surface area contributed by atoms with E-state index in [4.69, 9.17) is 11.5 Å². The first kappa shape index (κ1) is 24.8. The Morgan fingerprint density at radius 2 is 1.94 bits per heavy atom. The highest BCUT2D eigenvalue weighted by molar-refractivity contribution is 6.00. The van der Waals surface area contributed by atoms with E-state index in [1.54, 1.807) is 6.07 Å². The second kappa shape index (κ2) is 8.04. The van der Waals surface area contributed by atoms with Crippen molar-refractivity contribution in [3.8, 4) is 5.69 Å². The van der Waals surface area contributed by atoms with Crippen molar-refractivity contribution in [2.75, 3.05) is 5.32 Å². The number of hydrogen-bond acceptors (Lipinski definition) is 6. The number of anilines is 1. The number of ketones is 1. The zero-order valence-electron chi connectivity index (χ0n) is 20.2. The third kappa shape index (κ3) is 4.17. The largest absolute Gasteiger partial charge is 0.435 e. The first-order chi connectivity index (χ1) is 16.7. The molecule has 1 amide bonds. The van der Waals surface area contributed by atoms with Gasteiger partial charge in [0.25, 0.3) is 5.91 Å². The van der Waals surface area contributed by atoms with Gasteiger partial charge in [0.2, 0.25) is 0 Å². The summed E-state index contributed by atoms with van der Waals surface area (Å²) in [7, 11) is 0. The molecule has 8 nitrogen and oxygen atoms in total. The number of aliphatic hydroxyl groups excluding tert-OH is 1. The van der Waals surface area contributed by atoms with Crippen LogP contribution >= 0.6 is 0 Å². The fourth-order valence-corrected chi connectivity index (χ4v) is 6.41. The smallest absolute Gasteiger partial charge is 0.393 e. The molecule has 6 N–H and O–H groups in total. The maximum Gasteiger partial charge on any atom is 0.435 e. The second-order valence-electron chi connectivity index (χ2n) is 11.4. The molecule has 0 radical (unpaired) electrons. The van der Waals surface area contributed by atoms with Crippen molar-refractivity contribution >= 4 is 17.4 Å². The van der Waals surface area contributed by atoms with Gasteiger partial charge in [-0.2, -0.15) is 18.3 Å². The van der Waals surface area contributed by atoms with E-state index in [0.717, 1.165) is 4.68 Å². The second-order valence-corrected chi connectivity index (χ2v) is 11.4. The maximum absolute atomic E-state index is 13.8. The molecule has 1 aromatic carbocycles. The summed E-state index contributed by atoms with van der Waals surface area (Å²) in [4.78, 5) is 24.9. The summed E-state index contributed by atoms with van der Waals surface area (Å²) in [5, 5.41) is 17.2. The third-order valence-electron chi connectivity index (χ3n) is 7.87. The number of nitrogens with two attached hydrogens (primary N) is 2. The van der Waals surface area contributed by atoms with Gasteiger partial charge in [0.15, 0.2) is 11.5 Å². The van der Waals surface area contributed by atoms with Crippen molar-refractivity contribution in [1.82, 2.24) is 9.78 Å². The minimum atomic E-state index is -4.79. The molecule has 11 heteroatoms. The standard InChI is InChI=1S/C25H30F3N5O3/c1-23(2)10-18-20(19(35)11-23)21(25(26,27)28)32-33(18)14-3-4-16(22(29)36)17(7-14)31-13-5-12-6-15(34)9-24(12,30)8-13/h3-4,7,12-13,15,31,34H,5-6,8-11,30H2,1-2H3,(H2,29,36)/t12-,13+,15?,24-/m0/s1. The molecule has 4 atom stereocenters. The Morgan fingerprint density at radius 3 is 2.58 bits per heavy atom. The van der Waals surface area contributed by atoms with Gasteiger partial charge in [0.05, 0.1) is 28.6 Å². The summed E-state index contributed by atoms with van der Waals surface area (Å²) < 4.78 is 42.7. The van der Waals surface area contributed by atoms with Crippen LogP contribution in [0.15, 0.2) is 18.2 Å². The van der Waals surface area contributed by atoms with E-state index in [2.05, 4.69) is 10.4 Å². The molecule has 0 bridgehead atoms. The van der Waals surface area contributed by atoms with E-state index >= 15 is 0 Å². The van der Waals surface area contributed by atoms with Crippen LogP contribution < -0.4 is 16.8 Å². The number of aliphatic hydroxyl groups is 1. The lowest BCUT2D eigenvalue weighted by Gasteiger charge is -2.29. The summed E-state index contributed by atoms with van der Waals surface area (Å²) in [6.45, 7) is 3.66. The molecule has 1 heterocycles. The van der Waals surface area contributed by atoms with E-state index in [0.29, 0.717) is 31.4 Å². The number of amides is 1. The number of carbonyl (C=O) groups is 2. The molecule has 0 spiro atoms. The lowest BCUT2D eigenvalue weighted by Crippen LogP contribution is -2.40. The van der Waals surface area contributed by atoms with Crippen LogP contribution in [0.3, 0.4) is 0 Å². The highest BCUT2D eigenvalue weighted by atomic mass is 19.4. The molecule has 36 heavy (non-hydrogen) atoms. The van der Waals surface area contributed by atoms with Gasteiger partial charge < -0.3 is 21.9 Å². The molecule has 3 aliphatic rings. The van der Waals surface area contributed by atoms with Crippen molar-refractivity contribution in [3.63, 3.8) is 0 Å². The van der Waals surface area contributed by atoms with E-state index in [1.165, 1.54) is 12.1 Å². The number of benzene rings is 1. The number of alkyl halides is 3. The SMILES string of the molecule is CC1(C)CC(=O)c2c(C(F)(F)F)nn(-c3ccc(C(N)=O)c(N[C@@H]4C[C@H]5CC(O)C[C@@]5(N)C4)c3)c2C1. The summed E-state index contributed by atoms with van der Waals surface area (Å²) in [5.74, 6) is -1.14. The molecular weight excluding hydrogens is 475 g/mol. The summed E-state index contributed by atoms with van der Waals surface area (Å²) in [6.07, 6.45) is -2.60. The van der Waals surface area contributed by atoms with Gasteiger partial charge in [-0.15, -0.1) is 0 Å². The molecule has 5 rings (SSSR count). The molecule has 1 unspecified atom stereocenters. The Morgan fingerprint density at radius 1 is 1.22 bits per heavy atom. The molecule has 194 valence electrons. The van der Waals surface area contributed by atoms with Crippen molar-refractivity contribution in [1.29, 1.82) is 0 Å². The van der Waals surface area contributed by atoms with E-state index in [-0.39, 0.29) is 47.3 Å². The molecule has 3 aliphatic carbocycles. The van der Waals surface area contributed by atoms with Crippen LogP contribution in [0.1, 0.15) is 78.1 Å². The van der Waals surface area contributed by atoms with Crippen LogP contribution in [0.2, 0.25) is 0 Å². The monoisotopic (exact) mass is 505 g/mol. The van der Waals surface area contributed by atoms with Gasteiger partial charge in [-0.05, 0) is 61.6 Å². The Kier molecular flexibility index (Phi) is 5.53. The molecule has 1 aromatic heterocycles. The fourth-order valence-electron chi connectivity index (χ4n) is 6.41. The minimum Gasteiger partial charge on any atom is -0.393 e. The van der Waals surface area contributed by atoms with Gasteiger partial charge in [0.1, 0.15) is 0 Å². The fraction of sp³-hybridized carbons (Fsp3) is 0.560. The van der Waals surface area contributed by atoms with Crippen LogP contribution in [0.25, 0.3) is 5.69 Å². The molecule has 0 saturated heterocycles. The third-order valence-corrected chi connectivity index (χ3v) is 7.87. The van der Waals surface area contributed by atoms with E-state index in [9.17, 15) is 27.9 Å². The number of primary amides is 1. The number of rotatable bonds is 4. The van der Waals surface area contributed by atoms with Crippen LogP contribution in [0, 0.1) is 11.3 Å². The molecular formula is C25H30F3N5O3. The minimum absolute atomic E-state index is 0.000570. The van der Waals surface area contributed by atoms with E-state index < -0.39 is 40.6 Å². The maximum atomic E-state index is 13.8. The van der Waals surface area contributed by atoms with Crippen LogP contribution in [0.5, 0.6) is 0 Å². The Labute approximate surface area is 206 Å². The predicted octanol–water partition coefficient (Wildman–Crippen LogP) is 3.19. The Bertz CT molecular complexity index is 1250. The summed E-state index contributed by atoms with van der Waals surface area (Å²) in [5.41, 5.74) is 10.6. The topological polar surface area (TPSA) is 136 Å². The first-order valence-corrected chi connectivity index (χ1v) is 12.1. The van der Waals surface area contributed by atoms with Crippen molar-refractivity contribution in [2.45, 2.75) is 76.2 Å². The summed E-state index contributed by atoms with van der Waals surface area (Å²) >= 11 is 0. The van der Waals surface area contributed by atoms with Crippen molar-refractivity contribution in [2.24, 2.45) is 22.8 Å². The lowest BCUT2D eigenvalue weighted by molar-refractivity contribution is -0.141. The number of nitrogens with zero attached hydrogens (tertiary/aromatic N) is 2. The van der Waals surface area contributed by atoms with Gasteiger partial charge >= 0.3 is 6.18 Å². The number of fused-ring (bicyclic) bond motifs is 2. The highest BCUT2D eigenvalue weighted by Gasteiger charge is 2.51. The van der Waals surface area contributed by atoms with Crippen LogP contribution in [0.4, 0.5) is 18.9 Å². The zero-order valence-corrected chi connectivity index (χ0v) is 20.2. The first-order valence-electron chi connectivity index (χ1n) is 12.1. The molecule has 2 fully saturated rings. The average Bonchev–Trinajstić information content (AvgIpc) is 3.33. The Balaban J connectivity index is 1.55. The number of aromatic nitrogens is 2. The van der Waals surface area contributed by atoms with Gasteiger partial charge in [-0.25, -0.2) is 4.68 Å². The number of carbonyl (C=O) groups excluding carboxylic acids is 2. The molecule has 0 aliphatic heterocycles. The Hall–Kier alpha value is -2.92. The lowest BCUT2D eigenvalue weighted by atomic mass is 9.75. The van der Waals surface area contributed by atoms with E-state index in [1.807, 2.05) is 13.8 Å². The molecule has 2 saturated carbocycles. The van der Waals surface area contributed by atoms with Gasteiger partial charge in [-0.3, -0.25) is 9.59 Å². The van der Waals surface area contributed by atoms with Crippen LogP contribution in [-0.2, 0) is 12.6 Å². The highest BCUT2D eigenvalue weighted by Crippen LogP contribution is 2.47. The number of Topliss-reactive ketones (excluding diaryl/α,β-unsaturated/α-hetero) is 1. The van der Waals surface area contributed by atoms with Crippen LogP contribution in [-0.4, -0.2) is 44.3 Å². The van der Waals surface area contributed by atoms with Crippen molar-refractivity contribution < 1.29 is 27.9 Å². The number of hydrogen-bond donors (Lipinski definition) is 4. The number of halogens is 3. The quantitative estimate of drug-likeness (QED) is 0.504. The van der Waals surface area contributed by atoms with Gasteiger partial charge in [-0.1, -0.05) is 13.8 Å². The normalized spacial score (nSPS) is 29.2.